The maximum Gasteiger partial charge on any atom is 0.255 e. The molecule has 10 rings (SSSR count). The van der Waals surface area contributed by atoms with Crippen LogP contribution in [0.5, 0.6) is 0 Å². The number of nitrogens with zero attached hydrogens (tertiary/aromatic N) is 6. The number of hydrogen-bond acceptors (Lipinski definition) is 0. The van der Waals surface area contributed by atoms with Gasteiger partial charge < -0.3 is 0 Å². The van der Waals surface area contributed by atoms with Crippen molar-refractivity contribution >= 4 is 102 Å². The van der Waals surface area contributed by atoms with Crippen LogP contribution in [0.4, 0.5) is 0 Å². The van der Waals surface area contributed by atoms with Crippen molar-refractivity contribution in [3.8, 4) is 0 Å². The normalized spacial score (nSPS) is 11.7. The van der Waals surface area contributed by atoms with Gasteiger partial charge >= 0.3 is 0 Å². The topological polar surface area (TPSA) is 26.4 Å². The van der Waals surface area contributed by atoms with Crippen LogP contribution in [0.3, 0.4) is 0 Å². The van der Waals surface area contributed by atoms with Crippen molar-refractivity contribution in [3.05, 3.63) is 229 Å². The Hall–Kier alpha value is -5.31. The molecule has 63 heavy (non-hydrogen) atoms. The molecule has 10 aromatic rings. The maximum absolute atomic E-state index is 6.98. The number of fused-ring (bicyclic) bond motifs is 3. The molecule has 0 fully saturated rings. The highest BCUT2D eigenvalue weighted by Crippen LogP contribution is 2.27. The van der Waals surface area contributed by atoms with Crippen LogP contribution in [0, 0.1) is 0 Å². The minimum absolute atomic E-state index is 0.453. The monoisotopic (exact) mass is 945 g/mol. The molecule has 12 heteroatoms. The number of hydrogen-bond donors (Lipinski definition) is 0. The molecule has 3 heterocycles. The molecule has 0 spiro atoms. The fourth-order valence-electron chi connectivity index (χ4n) is 8.49. The van der Waals surface area contributed by atoms with Crippen LogP contribution in [0.2, 0.25) is 30.9 Å². The number of rotatable bonds is 12. The van der Waals surface area contributed by atoms with Crippen LogP contribution in [0.25, 0.3) is 32.3 Å². The molecule has 0 aliphatic rings. The van der Waals surface area contributed by atoms with E-state index in [4.69, 9.17) is 69.6 Å². The minimum Gasteiger partial charge on any atom is -0.215 e. The molecule has 312 valence electrons. The summed E-state index contributed by atoms with van der Waals surface area (Å²) in [6, 6.07) is 50.8. The first kappa shape index (κ1) is 41.7. The molecular formula is C51H39Cl6N6+3. The minimum atomic E-state index is 0.453. The summed E-state index contributed by atoms with van der Waals surface area (Å²) in [4.78, 5) is 0. The predicted molar refractivity (Wildman–Crippen MR) is 257 cm³/mol. The Morgan fingerprint density at radius 3 is 0.857 bits per heavy atom. The van der Waals surface area contributed by atoms with E-state index in [9.17, 15) is 0 Å². The second kappa shape index (κ2) is 17.7. The molecule has 0 saturated heterocycles. The Kier molecular flexibility index (Phi) is 11.7. The highest BCUT2D eigenvalue weighted by molar-refractivity contribution is 6.40. The molecule has 0 N–H and O–H groups in total. The largest absolute Gasteiger partial charge is 0.255 e. The Morgan fingerprint density at radius 2 is 0.571 bits per heavy atom. The average Bonchev–Trinajstić information content (AvgIpc) is 3.82. The molecule has 0 atom stereocenters. The first-order valence-corrected chi connectivity index (χ1v) is 22.7. The Bertz CT molecular complexity index is 2990. The molecular weight excluding hydrogens is 909 g/mol. The summed E-state index contributed by atoms with van der Waals surface area (Å²) < 4.78 is 11.9. The van der Waals surface area contributed by atoms with Crippen molar-refractivity contribution in [3.63, 3.8) is 0 Å². The van der Waals surface area contributed by atoms with Crippen molar-refractivity contribution in [1.82, 2.24) is 13.7 Å². The van der Waals surface area contributed by atoms with E-state index in [0.29, 0.717) is 70.2 Å². The number of aromatic nitrogens is 6. The van der Waals surface area contributed by atoms with Gasteiger partial charge in [-0.2, -0.15) is 0 Å². The summed E-state index contributed by atoms with van der Waals surface area (Å²) in [6.07, 6.45) is 5.92. The van der Waals surface area contributed by atoms with E-state index < -0.39 is 0 Å². The van der Waals surface area contributed by atoms with E-state index >= 15 is 0 Å². The van der Waals surface area contributed by atoms with Crippen molar-refractivity contribution in [1.29, 1.82) is 0 Å². The van der Waals surface area contributed by atoms with Crippen LogP contribution in [0.1, 0.15) is 33.4 Å². The zero-order valence-electron chi connectivity index (χ0n) is 33.8. The van der Waals surface area contributed by atoms with Gasteiger partial charge in [0.2, 0.25) is 19.0 Å². The third-order valence-electron chi connectivity index (χ3n) is 11.5. The van der Waals surface area contributed by atoms with Crippen molar-refractivity contribution in [2.24, 2.45) is 0 Å². The molecule has 7 aromatic carbocycles. The van der Waals surface area contributed by atoms with Gasteiger partial charge in [-0.1, -0.05) is 109 Å². The Morgan fingerprint density at radius 1 is 0.302 bits per heavy atom. The van der Waals surface area contributed by atoms with Crippen LogP contribution < -0.4 is 13.7 Å². The number of imidazole rings is 3. The van der Waals surface area contributed by atoms with Crippen molar-refractivity contribution in [2.75, 3.05) is 0 Å². The van der Waals surface area contributed by atoms with E-state index in [2.05, 4.69) is 109 Å². The van der Waals surface area contributed by atoms with Crippen molar-refractivity contribution in [2.45, 2.75) is 39.3 Å². The van der Waals surface area contributed by atoms with Crippen LogP contribution >= 0.6 is 69.6 Å². The van der Waals surface area contributed by atoms with Gasteiger partial charge in [0, 0.05) is 0 Å². The predicted octanol–water partition coefficient (Wildman–Crippen LogP) is 12.6. The highest BCUT2D eigenvalue weighted by Gasteiger charge is 2.25. The van der Waals surface area contributed by atoms with Gasteiger partial charge in [0.1, 0.15) is 39.3 Å². The molecule has 0 saturated carbocycles. The molecule has 3 aromatic heterocycles. The zero-order valence-corrected chi connectivity index (χ0v) is 38.3. The van der Waals surface area contributed by atoms with E-state index in [1.807, 2.05) is 82.8 Å². The van der Waals surface area contributed by atoms with Crippen LogP contribution in [-0.4, -0.2) is 13.7 Å². The maximum atomic E-state index is 6.98. The van der Waals surface area contributed by atoms with Gasteiger partial charge in [-0.3, -0.25) is 0 Å². The second-order valence-corrected chi connectivity index (χ2v) is 18.2. The lowest BCUT2D eigenvalue weighted by Crippen LogP contribution is -2.36. The zero-order chi connectivity index (χ0) is 43.2. The Balaban J connectivity index is 0.962. The lowest BCUT2D eigenvalue weighted by Gasteiger charge is -2.08. The van der Waals surface area contributed by atoms with Crippen molar-refractivity contribution < 1.29 is 13.7 Å². The fraction of sp³-hybridized carbons (Fsp3) is 0.118. The summed E-state index contributed by atoms with van der Waals surface area (Å²) in [6.45, 7) is 3.11. The SMILES string of the molecule is Clc1c(Cl)[n+](Cc2cc(C[n+]3cn(Cc4ccc5ccccc5c4)c(Cl)c3Cl)cc(C[n+]3cn(Cc4ccc5ccccc5c4)c(Cl)c3Cl)c2)cn1Cc1ccc2ccccc2c1. The smallest absolute Gasteiger partial charge is 0.215 e. The van der Waals surface area contributed by atoms with E-state index in [-0.39, 0.29) is 0 Å². The van der Waals surface area contributed by atoms with Gasteiger partial charge in [0.25, 0.3) is 30.9 Å². The van der Waals surface area contributed by atoms with Gasteiger partial charge in [-0.15, -0.1) is 0 Å². The molecule has 0 aliphatic heterocycles. The number of benzene rings is 7. The molecule has 0 radical (unpaired) electrons. The van der Waals surface area contributed by atoms with E-state index in [0.717, 1.165) is 33.4 Å². The van der Waals surface area contributed by atoms with E-state index in [1.54, 1.807) is 0 Å². The quantitative estimate of drug-likeness (QED) is 0.109. The first-order chi connectivity index (χ1) is 30.6. The summed E-state index contributed by atoms with van der Waals surface area (Å²) in [5.74, 6) is 0. The summed E-state index contributed by atoms with van der Waals surface area (Å²) in [5, 5.41) is 9.86. The number of halogens is 6. The summed E-state index contributed by atoms with van der Waals surface area (Å²) in [7, 11) is 0. The summed E-state index contributed by atoms with van der Waals surface area (Å²) >= 11 is 41.7. The molecule has 0 unspecified atom stereocenters. The summed E-state index contributed by atoms with van der Waals surface area (Å²) in [5.41, 5.74) is 6.43. The van der Waals surface area contributed by atoms with Gasteiger partial charge in [0.05, 0.1) is 0 Å². The molecule has 0 aliphatic carbocycles. The Labute approximate surface area is 394 Å². The van der Waals surface area contributed by atoms with Gasteiger partial charge in [-0.05, 0) is 172 Å². The standard InChI is InChI=1S/C51H39Cl6N6/c52-46-49(55)61(31-58(46)25-34-13-16-40-7-1-4-10-43(40)22-34)28-37-19-38(29-62-32-59(47(53)50(62)56)26-35-14-17-41-8-2-5-11-44(41)23-35)21-39(20-37)30-63-33-60(48(54)51(63)57)27-36-15-18-42-9-3-6-12-45(42)24-36/h1-24,31-33H,25-30H2/q+3. The van der Waals surface area contributed by atoms with E-state index in [1.165, 1.54) is 32.3 Å². The lowest BCUT2D eigenvalue weighted by atomic mass is 10.0. The van der Waals surface area contributed by atoms with Crippen LogP contribution in [-0.2, 0) is 39.3 Å². The lowest BCUT2D eigenvalue weighted by molar-refractivity contribution is -0.687. The third kappa shape index (κ3) is 8.82. The second-order valence-electron chi connectivity index (χ2n) is 16.1. The average molecular weight is 949 g/mol. The highest BCUT2D eigenvalue weighted by atomic mass is 35.5. The van der Waals surface area contributed by atoms with Gasteiger partial charge in [-0.25, -0.2) is 27.4 Å². The fourth-order valence-corrected chi connectivity index (χ4v) is 9.76. The first-order valence-electron chi connectivity index (χ1n) is 20.5. The molecule has 0 amide bonds. The molecule has 0 bridgehead atoms. The van der Waals surface area contributed by atoms with Crippen LogP contribution in [0.15, 0.2) is 165 Å². The third-order valence-corrected chi connectivity index (χ3v) is 14.2. The van der Waals surface area contributed by atoms with Gasteiger partial charge in [0.15, 0.2) is 0 Å². The molecule has 6 nitrogen and oxygen atoms in total.